The summed E-state index contributed by atoms with van der Waals surface area (Å²) in [5.41, 5.74) is 2.14. The highest BCUT2D eigenvalue weighted by atomic mass is 32.2. The van der Waals surface area contributed by atoms with Crippen molar-refractivity contribution in [3.05, 3.63) is 24.3 Å². The molecule has 1 saturated heterocycles. The van der Waals surface area contributed by atoms with Gasteiger partial charge in [0.05, 0.1) is 17.1 Å². The van der Waals surface area contributed by atoms with Gasteiger partial charge in [-0.25, -0.2) is 4.98 Å². The highest BCUT2D eigenvalue weighted by Gasteiger charge is 2.15. The summed E-state index contributed by atoms with van der Waals surface area (Å²) < 4.78 is 5.61. The monoisotopic (exact) mass is 291 g/mol. The molecule has 0 amide bonds. The standard InChI is InChI=1S/C15H21N3OS/c1-11(9-16-10-12-5-4-8-19-12)20-15-17-13-6-2-3-7-14(13)18-15/h2-3,6-7,11-12,16H,4-5,8-10H2,1H3,(H,17,18). The Balaban J connectivity index is 1.46. The van der Waals surface area contributed by atoms with Crippen LogP contribution in [-0.2, 0) is 4.74 Å². The molecule has 1 aliphatic rings. The van der Waals surface area contributed by atoms with Crippen molar-refractivity contribution in [1.82, 2.24) is 15.3 Å². The second-order valence-corrected chi connectivity index (χ2v) is 6.71. The summed E-state index contributed by atoms with van der Waals surface area (Å²) in [5.74, 6) is 0. The highest BCUT2D eigenvalue weighted by Crippen LogP contribution is 2.22. The van der Waals surface area contributed by atoms with Crippen LogP contribution in [-0.4, -0.2) is 41.0 Å². The number of hydrogen-bond acceptors (Lipinski definition) is 4. The molecular formula is C15H21N3OS. The van der Waals surface area contributed by atoms with E-state index >= 15 is 0 Å². The molecule has 2 unspecified atom stereocenters. The number of imidazole rings is 1. The first-order chi connectivity index (χ1) is 9.81. The van der Waals surface area contributed by atoms with Gasteiger partial charge in [0, 0.05) is 24.9 Å². The van der Waals surface area contributed by atoms with E-state index in [0.717, 1.165) is 35.9 Å². The van der Waals surface area contributed by atoms with Gasteiger partial charge in [0.2, 0.25) is 0 Å². The molecule has 0 spiro atoms. The lowest BCUT2D eigenvalue weighted by molar-refractivity contribution is 0.110. The number of H-pyrrole nitrogens is 1. The van der Waals surface area contributed by atoms with Crippen LogP contribution in [0.5, 0.6) is 0 Å². The van der Waals surface area contributed by atoms with Crippen molar-refractivity contribution in [3.63, 3.8) is 0 Å². The first-order valence-corrected chi connectivity index (χ1v) is 8.13. The van der Waals surface area contributed by atoms with Crippen LogP contribution < -0.4 is 5.32 Å². The van der Waals surface area contributed by atoms with E-state index in [1.54, 1.807) is 11.8 Å². The molecule has 2 N–H and O–H groups in total. The topological polar surface area (TPSA) is 49.9 Å². The van der Waals surface area contributed by atoms with Crippen molar-refractivity contribution in [1.29, 1.82) is 0 Å². The van der Waals surface area contributed by atoms with E-state index in [4.69, 9.17) is 4.74 Å². The van der Waals surface area contributed by atoms with Gasteiger partial charge in [-0.15, -0.1) is 0 Å². The minimum atomic E-state index is 0.415. The summed E-state index contributed by atoms with van der Waals surface area (Å²) >= 11 is 1.78. The van der Waals surface area contributed by atoms with Gasteiger partial charge in [-0.1, -0.05) is 30.8 Å². The fourth-order valence-corrected chi connectivity index (χ4v) is 3.37. The summed E-state index contributed by atoms with van der Waals surface area (Å²) in [7, 11) is 0. The van der Waals surface area contributed by atoms with E-state index in [1.807, 2.05) is 18.2 Å². The molecule has 0 saturated carbocycles. The van der Waals surface area contributed by atoms with Crippen LogP contribution in [0.3, 0.4) is 0 Å². The summed E-state index contributed by atoms with van der Waals surface area (Å²) in [6.07, 6.45) is 2.81. The number of aromatic nitrogens is 2. The van der Waals surface area contributed by atoms with Gasteiger partial charge >= 0.3 is 0 Å². The third kappa shape index (κ3) is 3.53. The Bertz CT molecular complexity index is 518. The first kappa shape index (κ1) is 13.9. The van der Waals surface area contributed by atoms with Gasteiger partial charge in [0.1, 0.15) is 0 Å². The van der Waals surface area contributed by atoms with E-state index in [0.29, 0.717) is 11.4 Å². The van der Waals surface area contributed by atoms with E-state index < -0.39 is 0 Å². The number of thioether (sulfide) groups is 1. The van der Waals surface area contributed by atoms with Crippen LogP contribution >= 0.6 is 11.8 Å². The van der Waals surface area contributed by atoms with Crippen molar-refractivity contribution in [2.45, 2.75) is 36.3 Å². The van der Waals surface area contributed by atoms with Crippen LogP contribution in [0.1, 0.15) is 19.8 Å². The van der Waals surface area contributed by atoms with Crippen molar-refractivity contribution in [2.75, 3.05) is 19.7 Å². The number of nitrogens with zero attached hydrogens (tertiary/aromatic N) is 1. The number of benzene rings is 1. The van der Waals surface area contributed by atoms with E-state index in [1.165, 1.54) is 12.8 Å². The second kappa shape index (κ2) is 6.61. The van der Waals surface area contributed by atoms with Crippen LogP contribution in [0.4, 0.5) is 0 Å². The lowest BCUT2D eigenvalue weighted by atomic mass is 10.2. The summed E-state index contributed by atoms with van der Waals surface area (Å²) in [6, 6.07) is 8.15. The molecule has 2 atom stereocenters. The number of para-hydroxylation sites is 2. The zero-order chi connectivity index (χ0) is 13.8. The molecule has 0 bridgehead atoms. The molecule has 0 radical (unpaired) electrons. The fourth-order valence-electron chi connectivity index (χ4n) is 2.47. The van der Waals surface area contributed by atoms with Crippen molar-refractivity contribution >= 4 is 22.8 Å². The van der Waals surface area contributed by atoms with Crippen molar-refractivity contribution in [3.8, 4) is 0 Å². The molecule has 1 aliphatic heterocycles. The zero-order valence-corrected chi connectivity index (χ0v) is 12.6. The number of nitrogens with one attached hydrogen (secondary N) is 2. The van der Waals surface area contributed by atoms with E-state index in [-0.39, 0.29) is 0 Å². The van der Waals surface area contributed by atoms with Crippen LogP contribution in [0, 0.1) is 0 Å². The molecule has 20 heavy (non-hydrogen) atoms. The largest absolute Gasteiger partial charge is 0.377 e. The van der Waals surface area contributed by atoms with Gasteiger partial charge in [-0.3, -0.25) is 0 Å². The molecule has 1 aromatic heterocycles. The molecule has 4 nitrogen and oxygen atoms in total. The molecule has 1 aromatic carbocycles. The van der Waals surface area contributed by atoms with Gasteiger partial charge in [-0.05, 0) is 25.0 Å². The molecule has 1 fully saturated rings. The molecule has 3 rings (SSSR count). The number of hydrogen-bond donors (Lipinski definition) is 2. The summed E-state index contributed by atoms with van der Waals surface area (Å²) in [4.78, 5) is 7.95. The maximum absolute atomic E-state index is 5.61. The normalized spacial score (nSPS) is 20.6. The maximum Gasteiger partial charge on any atom is 0.166 e. The average molecular weight is 291 g/mol. The first-order valence-electron chi connectivity index (χ1n) is 7.25. The van der Waals surface area contributed by atoms with E-state index in [2.05, 4.69) is 28.3 Å². The number of ether oxygens (including phenoxy) is 1. The molecular weight excluding hydrogens is 270 g/mol. The lowest BCUT2D eigenvalue weighted by Crippen LogP contribution is -2.30. The van der Waals surface area contributed by atoms with Gasteiger partial charge in [-0.2, -0.15) is 0 Å². The molecule has 108 valence electrons. The minimum Gasteiger partial charge on any atom is -0.377 e. The van der Waals surface area contributed by atoms with Gasteiger partial charge in [0.25, 0.3) is 0 Å². The smallest absolute Gasteiger partial charge is 0.166 e. The maximum atomic E-state index is 5.61. The summed E-state index contributed by atoms with van der Waals surface area (Å²) in [5, 5.41) is 4.97. The number of fused-ring (bicyclic) bond motifs is 1. The van der Waals surface area contributed by atoms with Crippen molar-refractivity contribution in [2.24, 2.45) is 0 Å². The third-order valence-corrected chi connectivity index (χ3v) is 4.49. The Morgan fingerprint density at radius 2 is 2.40 bits per heavy atom. The number of rotatable bonds is 6. The van der Waals surface area contributed by atoms with Gasteiger partial charge < -0.3 is 15.0 Å². The quantitative estimate of drug-likeness (QED) is 0.804. The predicted octanol–water partition coefficient (Wildman–Crippen LogP) is 2.81. The van der Waals surface area contributed by atoms with E-state index in [9.17, 15) is 0 Å². The van der Waals surface area contributed by atoms with Gasteiger partial charge in [0.15, 0.2) is 5.16 Å². The Kier molecular flexibility index (Phi) is 4.60. The van der Waals surface area contributed by atoms with Crippen LogP contribution in [0.15, 0.2) is 29.4 Å². The predicted molar refractivity (Wildman–Crippen MR) is 83.3 cm³/mol. The minimum absolute atomic E-state index is 0.415. The zero-order valence-electron chi connectivity index (χ0n) is 11.8. The summed E-state index contributed by atoms with van der Waals surface area (Å²) in [6.45, 7) is 5.09. The Morgan fingerprint density at radius 3 is 3.20 bits per heavy atom. The lowest BCUT2D eigenvalue weighted by Gasteiger charge is -2.13. The second-order valence-electron chi connectivity index (χ2n) is 5.28. The Labute approximate surface area is 123 Å². The average Bonchev–Trinajstić information content (AvgIpc) is 3.06. The highest BCUT2D eigenvalue weighted by molar-refractivity contribution is 7.99. The Hall–Kier alpha value is -1.04. The third-order valence-electron chi connectivity index (χ3n) is 3.51. The number of aromatic amines is 1. The molecule has 5 heteroatoms. The van der Waals surface area contributed by atoms with Crippen molar-refractivity contribution < 1.29 is 4.74 Å². The molecule has 2 heterocycles. The SMILES string of the molecule is CC(CNCC1CCCO1)Sc1nc2ccccc2[nH]1. The molecule has 0 aliphatic carbocycles. The molecule has 2 aromatic rings. The fraction of sp³-hybridized carbons (Fsp3) is 0.533. The van der Waals surface area contributed by atoms with Crippen LogP contribution in [0.2, 0.25) is 0 Å². The Morgan fingerprint density at radius 1 is 1.50 bits per heavy atom. The van der Waals surface area contributed by atoms with Crippen LogP contribution in [0.25, 0.3) is 11.0 Å².